The molecule has 2 rings (SSSR count). The van der Waals surface area contributed by atoms with Gasteiger partial charge in [-0.3, -0.25) is 0 Å². The molecule has 0 saturated heterocycles. The van der Waals surface area contributed by atoms with Crippen LogP contribution in [-0.4, -0.2) is 33.8 Å². The van der Waals surface area contributed by atoms with Gasteiger partial charge in [-0.05, 0) is 0 Å². The van der Waals surface area contributed by atoms with Crippen molar-refractivity contribution >= 4 is 11.6 Å². The van der Waals surface area contributed by atoms with E-state index in [-0.39, 0.29) is 0 Å². The first-order valence-electron chi connectivity index (χ1n) is 5.83. The minimum atomic E-state index is 0.323. The largest absolute Gasteiger partial charge is 0.384 e. The summed E-state index contributed by atoms with van der Waals surface area (Å²) in [5.74, 6) is 2.81. The minimum Gasteiger partial charge on any atom is -0.384 e. The molecule has 102 valence electrons. The summed E-state index contributed by atoms with van der Waals surface area (Å²) in [6, 6.07) is 1.67. The number of rotatable bonds is 6. The molecule has 0 saturated carbocycles. The first-order chi connectivity index (χ1) is 9.17. The molecule has 3 N–H and O–H groups in total. The van der Waals surface area contributed by atoms with Crippen molar-refractivity contribution in [3.05, 3.63) is 23.6 Å². The zero-order valence-corrected chi connectivity index (χ0v) is 10.9. The van der Waals surface area contributed by atoms with Gasteiger partial charge in [-0.15, -0.1) is 0 Å². The molecule has 2 heterocycles. The molecule has 8 heteroatoms. The molecular weight excluding hydrogens is 248 g/mol. The lowest BCUT2D eigenvalue weighted by Gasteiger charge is -2.06. The van der Waals surface area contributed by atoms with E-state index in [2.05, 4.69) is 25.4 Å². The summed E-state index contributed by atoms with van der Waals surface area (Å²) in [7, 11) is 1.58. The van der Waals surface area contributed by atoms with E-state index >= 15 is 0 Å². The highest BCUT2D eigenvalue weighted by Crippen LogP contribution is 2.09. The third-order valence-electron chi connectivity index (χ3n) is 2.29. The van der Waals surface area contributed by atoms with E-state index in [9.17, 15) is 0 Å². The van der Waals surface area contributed by atoms with Gasteiger partial charge in [-0.2, -0.15) is 4.98 Å². The third kappa shape index (κ3) is 3.88. The van der Waals surface area contributed by atoms with Crippen molar-refractivity contribution in [2.24, 2.45) is 0 Å². The maximum absolute atomic E-state index is 5.69. The van der Waals surface area contributed by atoms with Crippen LogP contribution in [0.5, 0.6) is 0 Å². The van der Waals surface area contributed by atoms with Gasteiger partial charge in [0.2, 0.25) is 5.89 Å². The number of nitrogens with one attached hydrogen (secondary N) is 1. The number of anilines is 2. The van der Waals surface area contributed by atoms with Gasteiger partial charge >= 0.3 is 0 Å². The van der Waals surface area contributed by atoms with Gasteiger partial charge in [0.25, 0.3) is 0 Å². The molecule has 0 aliphatic heterocycles. The molecule has 0 atom stereocenters. The van der Waals surface area contributed by atoms with Crippen molar-refractivity contribution in [2.45, 2.75) is 20.0 Å². The Kier molecular flexibility index (Phi) is 4.24. The van der Waals surface area contributed by atoms with Crippen LogP contribution in [0.2, 0.25) is 0 Å². The van der Waals surface area contributed by atoms with Gasteiger partial charge < -0.3 is 20.3 Å². The summed E-state index contributed by atoms with van der Waals surface area (Å²) in [5.41, 5.74) is 5.69. The quantitative estimate of drug-likeness (QED) is 0.778. The van der Waals surface area contributed by atoms with Gasteiger partial charge in [0, 0.05) is 33.1 Å². The molecular formula is C11H16N6O2. The van der Waals surface area contributed by atoms with E-state index < -0.39 is 0 Å². The smallest absolute Gasteiger partial charge is 0.223 e. The molecule has 0 aromatic carbocycles. The van der Waals surface area contributed by atoms with Crippen molar-refractivity contribution in [2.75, 3.05) is 24.7 Å². The first-order valence-corrected chi connectivity index (χ1v) is 5.83. The molecule has 2 aromatic rings. The molecule has 0 aliphatic carbocycles. The molecule has 0 unspecified atom stereocenters. The van der Waals surface area contributed by atoms with E-state index in [1.807, 2.05) is 0 Å². The Bertz CT molecular complexity index is 542. The van der Waals surface area contributed by atoms with Crippen LogP contribution >= 0.6 is 0 Å². The van der Waals surface area contributed by atoms with Crippen LogP contribution in [0.25, 0.3) is 0 Å². The van der Waals surface area contributed by atoms with Crippen molar-refractivity contribution < 1.29 is 9.26 Å². The van der Waals surface area contributed by atoms with Gasteiger partial charge in [-0.25, -0.2) is 9.97 Å². The topological polar surface area (TPSA) is 112 Å². The molecule has 19 heavy (non-hydrogen) atoms. The minimum absolute atomic E-state index is 0.323. The molecule has 8 nitrogen and oxygen atoms in total. The molecule has 0 spiro atoms. The zero-order chi connectivity index (χ0) is 13.7. The van der Waals surface area contributed by atoms with Crippen LogP contribution in [0.15, 0.2) is 10.6 Å². The summed E-state index contributed by atoms with van der Waals surface area (Å²) in [6.07, 6.45) is 0.640. The van der Waals surface area contributed by atoms with Crippen molar-refractivity contribution in [1.82, 2.24) is 20.1 Å². The molecule has 0 radical (unpaired) electrons. The standard InChI is InChI=1S/C11H16N6O2/c1-7-14-9(17-19-7)3-4-13-10-5-8(12)15-11(16-10)6-18-2/h5H,3-4,6H2,1-2H3,(H3,12,13,15,16). The van der Waals surface area contributed by atoms with Crippen LogP contribution in [0.3, 0.4) is 0 Å². The Morgan fingerprint density at radius 1 is 1.32 bits per heavy atom. The van der Waals surface area contributed by atoms with Gasteiger partial charge in [0.05, 0.1) is 0 Å². The van der Waals surface area contributed by atoms with Crippen molar-refractivity contribution in [3.8, 4) is 0 Å². The second-order valence-electron chi connectivity index (χ2n) is 3.93. The average Bonchev–Trinajstić information content (AvgIpc) is 2.75. The Labute approximate surface area is 110 Å². The third-order valence-corrected chi connectivity index (χ3v) is 2.29. The Morgan fingerprint density at radius 3 is 2.84 bits per heavy atom. The lowest BCUT2D eigenvalue weighted by molar-refractivity contribution is 0.178. The molecule has 0 bridgehead atoms. The Hall–Kier alpha value is -2.22. The number of ether oxygens (including phenoxy) is 1. The number of nitrogens with two attached hydrogens (primary N) is 1. The SMILES string of the molecule is COCc1nc(N)cc(NCCc2noc(C)n2)n1. The van der Waals surface area contributed by atoms with Crippen LogP contribution in [0, 0.1) is 6.92 Å². The van der Waals surface area contributed by atoms with Gasteiger partial charge in [-0.1, -0.05) is 5.16 Å². The summed E-state index contributed by atoms with van der Waals surface area (Å²) < 4.78 is 9.86. The van der Waals surface area contributed by atoms with E-state index in [4.69, 9.17) is 15.0 Å². The number of hydrogen-bond donors (Lipinski definition) is 2. The average molecular weight is 264 g/mol. The molecule has 2 aromatic heterocycles. The van der Waals surface area contributed by atoms with Crippen LogP contribution in [0.4, 0.5) is 11.6 Å². The number of nitrogen functional groups attached to an aromatic ring is 1. The van der Waals surface area contributed by atoms with E-state index in [0.717, 1.165) is 0 Å². The Balaban J connectivity index is 1.91. The molecule has 0 fully saturated rings. The maximum atomic E-state index is 5.69. The predicted molar refractivity (Wildman–Crippen MR) is 68.4 cm³/mol. The fourth-order valence-corrected chi connectivity index (χ4v) is 1.55. The monoisotopic (exact) mass is 264 g/mol. The van der Waals surface area contributed by atoms with E-state index in [1.165, 1.54) is 0 Å². The lowest BCUT2D eigenvalue weighted by atomic mass is 10.4. The first kappa shape index (κ1) is 13.2. The predicted octanol–water partition coefficient (Wildman–Crippen LogP) is 0.551. The summed E-state index contributed by atoms with van der Waals surface area (Å²) in [6.45, 7) is 2.71. The molecule has 0 amide bonds. The lowest BCUT2D eigenvalue weighted by Crippen LogP contribution is -2.10. The van der Waals surface area contributed by atoms with E-state index in [1.54, 1.807) is 20.1 Å². The van der Waals surface area contributed by atoms with E-state index in [0.29, 0.717) is 48.7 Å². The second kappa shape index (κ2) is 6.10. The van der Waals surface area contributed by atoms with Crippen molar-refractivity contribution in [1.29, 1.82) is 0 Å². The number of hydrogen-bond acceptors (Lipinski definition) is 8. The zero-order valence-electron chi connectivity index (χ0n) is 10.9. The highest BCUT2D eigenvalue weighted by molar-refractivity contribution is 5.44. The van der Waals surface area contributed by atoms with Gasteiger partial charge in [0.15, 0.2) is 11.6 Å². The van der Waals surface area contributed by atoms with Crippen LogP contribution in [0.1, 0.15) is 17.5 Å². The number of aromatic nitrogens is 4. The summed E-state index contributed by atoms with van der Waals surface area (Å²) in [5, 5.41) is 6.94. The second-order valence-corrected chi connectivity index (χ2v) is 3.93. The fourth-order valence-electron chi connectivity index (χ4n) is 1.55. The van der Waals surface area contributed by atoms with Crippen molar-refractivity contribution in [3.63, 3.8) is 0 Å². The number of nitrogens with zero attached hydrogens (tertiary/aromatic N) is 4. The fraction of sp³-hybridized carbons (Fsp3) is 0.455. The normalized spacial score (nSPS) is 10.6. The summed E-state index contributed by atoms with van der Waals surface area (Å²) >= 11 is 0. The number of methoxy groups -OCH3 is 1. The van der Waals surface area contributed by atoms with Crippen LogP contribution < -0.4 is 11.1 Å². The maximum Gasteiger partial charge on any atom is 0.223 e. The Morgan fingerprint density at radius 2 is 2.16 bits per heavy atom. The molecule has 0 aliphatic rings. The highest BCUT2D eigenvalue weighted by Gasteiger charge is 2.04. The summed E-state index contributed by atoms with van der Waals surface area (Å²) in [4.78, 5) is 12.4. The van der Waals surface area contributed by atoms with Crippen LogP contribution in [-0.2, 0) is 17.8 Å². The van der Waals surface area contributed by atoms with Gasteiger partial charge in [0.1, 0.15) is 18.2 Å². The highest BCUT2D eigenvalue weighted by atomic mass is 16.5. The number of aryl methyl sites for hydroxylation is 1.